The maximum Gasteiger partial charge on any atom is 0.326 e. The van der Waals surface area contributed by atoms with Crippen LogP contribution in [0.2, 0.25) is 0 Å². The van der Waals surface area contributed by atoms with Crippen molar-refractivity contribution >= 4 is 22.4 Å². The summed E-state index contributed by atoms with van der Waals surface area (Å²) in [4.78, 5) is 15.3. The summed E-state index contributed by atoms with van der Waals surface area (Å²) in [5, 5.41) is 14.5. The van der Waals surface area contributed by atoms with Crippen LogP contribution in [0.15, 0.2) is 35.7 Å². The SMILES string of the molecule is CCC(Nc1nc(-c2ccccc2)cs1)C(=O)O. The number of carboxylic acids is 1. The van der Waals surface area contributed by atoms with Crippen LogP contribution in [-0.2, 0) is 4.79 Å². The average molecular weight is 262 g/mol. The summed E-state index contributed by atoms with van der Waals surface area (Å²) in [6.07, 6.45) is 0.523. The zero-order valence-electron chi connectivity index (χ0n) is 9.96. The van der Waals surface area contributed by atoms with E-state index in [0.717, 1.165) is 11.3 Å². The minimum absolute atomic E-state index is 0.523. The molecule has 2 aromatic rings. The van der Waals surface area contributed by atoms with Crippen LogP contribution < -0.4 is 5.32 Å². The lowest BCUT2D eigenvalue weighted by atomic mass is 10.2. The number of nitrogens with zero attached hydrogens (tertiary/aromatic N) is 1. The lowest BCUT2D eigenvalue weighted by Crippen LogP contribution is -2.28. The first-order valence-electron chi connectivity index (χ1n) is 5.71. The summed E-state index contributed by atoms with van der Waals surface area (Å²) in [6.45, 7) is 1.83. The number of carbonyl (C=O) groups is 1. The molecule has 0 amide bonds. The van der Waals surface area contributed by atoms with Crippen LogP contribution in [0.5, 0.6) is 0 Å². The molecule has 94 valence electrons. The van der Waals surface area contributed by atoms with Crippen LogP contribution in [0.1, 0.15) is 13.3 Å². The summed E-state index contributed by atoms with van der Waals surface area (Å²) >= 11 is 1.42. The van der Waals surface area contributed by atoms with Gasteiger partial charge in [-0.2, -0.15) is 0 Å². The largest absolute Gasteiger partial charge is 0.480 e. The van der Waals surface area contributed by atoms with E-state index in [0.29, 0.717) is 11.6 Å². The Labute approximate surface area is 109 Å². The Kier molecular flexibility index (Phi) is 3.94. The number of aromatic nitrogens is 1. The summed E-state index contributed by atoms with van der Waals surface area (Å²) in [7, 11) is 0. The van der Waals surface area contributed by atoms with Gasteiger partial charge < -0.3 is 10.4 Å². The highest BCUT2D eigenvalue weighted by Gasteiger charge is 2.16. The molecule has 0 aliphatic carbocycles. The fourth-order valence-electron chi connectivity index (χ4n) is 1.57. The summed E-state index contributed by atoms with van der Waals surface area (Å²) < 4.78 is 0. The van der Waals surface area contributed by atoms with Gasteiger partial charge in [0.25, 0.3) is 0 Å². The Bertz CT molecular complexity index is 525. The zero-order chi connectivity index (χ0) is 13.0. The minimum atomic E-state index is -0.853. The van der Waals surface area contributed by atoms with Crippen molar-refractivity contribution in [1.29, 1.82) is 0 Å². The predicted molar refractivity (Wildman–Crippen MR) is 72.9 cm³/mol. The van der Waals surface area contributed by atoms with Crippen molar-refractivity contribution < 1.29 is 9.90 Å². The first-order chi connectivity index (χ1) is 8.70. The molecule has 2 rings (SSSR count). The normalized spacial score (nSPS) is 12.1. The smallest absolute Gasteiger partial charge is 0.326 e. The van der Waals surface area contributed by atoms with Gasteiger partial charge in [0, 0.05) is 10.9 Å². The molecule has 0 aliphatic rings. The molecule has 0 bridgehead atoms. The highest BCUT2D eigenvalue weighted by molar-refractivity contribution is 7.14. The van der Waals surface area contributed by atoms with Crippen molar-refractivity contribution in [2.24, 2.45) is 0 Å². The number of carboxylic acid groups (broad SMARTS) is 1. The van der Waals surface area contributed by atoms with Crippen molar-refractivity contribution in [3.8, 4) is 11.3 Å². The molecule has 1 aromatic carbocycles. The molecule has 0 saturated carbocycles. The van der Waals surface area contributed by atoms with E-state index in [1.165, 1.54) is 11.3 Å². The Morgan fingerprint density at radius 3 is 2.78 bits per heavy atom. The summed E-state index contributed by atoms with van der Waals surface area (Å²) in [5.41, 5.74) is 1.90. The molecule has 0 saturated heterocycles. The van der Waals surface area contributed by atoms with Gasteiger partial charge in [-0.3, -0.25) is 0 Å². The molecule has 0 fully saturated rings. The standard InChI is InChI=1S/C13H14N2O2S/c1-2-10(12(16)17)14-13-15-11(8-18-13)9-6-4-3-5-7-9/h3-8,10H,2H2,1H3,(H,14,15)(H,16,17). The van der Waals surface area contributed by atoms with E-state index >= 15 is 0 Å². The third-order valence-electron chi connectivity index (χ3n) is 2.58. The molecule has 1 aromatic heterocycles. The molecule has 0 aliphatic heterocycles. The van der Waals surface area contributed by atoms with Crippen molar-refractivity contribution in [2.45, 2.75) is 19.4 Å². The number of benzene rings is 1. The third-order valence-corrected chi connectivity index (χ3v) is 3.35. The van der Waals surface area contributed by atoms with E-state index in [2.05, 4.69) is 10.3 Å². The highest BCUT2D eigenvalue weighted by atomic mass is 32.1. The van der Waals surface area contributed by atoms with E-state index in [9.17, 15) is 4.79 Å². The first kappa shape index (κ1) is 12.6. The monoisotopic (exact) mass is 262 g/mol. The number of hydrogen-bond acceptors (Lipinski definition) is 4. The highest BCUT2D eigenvalue weighted by Crippen LogP contribution is 2.25. The Hall–Kier alpha value is -1.88. The van der Waals surface area contributed by atoms with Gasteiger partial charge in [-0.15, -0.1) is 11.3 Å². The third kappa shape index (κ3) is 2.87. The van der Waals surface area contributed by atoms with Crippen molar-refractivity contribution in [3.05, 3.63) is 35.7 Å². The molecular weight excluding hydrogens is 248 g/mol. The van der Waals surface area contributed by atoms with Gasteiger partial charge in [0.05, 0.1) is 5.69 Å². The van der Waals surface area contributed by atoms with Crippen LogP contribution in [-0.4, -0.2) is 22.1 Å². The van der Waals surface area contributed by atoms with E-state index in [1.807, 2.05) is 42.6 Å². The molecular formula is C13H14N2O2S. The molecule has 4 nitrogen and oxygen atoms in total. The lowest BCUT2D eigenvalue weighted by molar-refractivity contribution is -0.137. The first-order valence-corrected chi connectivity index (χ1v) is 6.59. The summed E-state index contributed by atoms with van der Waals surface area (Å²) in [5.74, 6) is -0.853. The van der Waals surface area contributed by atoms with Gasteiger partial charge >= 0.3 is 5.97 Å². The van der Waals surface area contributed by atoms with Crippen LogP contribution in [0.3, 0.4) is 0 Å². The molecule has 1 unspecified atom stereocenters. The van der Waals surface area contributed by atoms with Crippen molar-refractivity contribution in [1.82, 2.24) is 4.98 Å². The number of anilines is 1. The molecule has 1 atom stereocenters. The second-order valence-electron chi connectivity index (χ2n) is 3.85. The van der Waals surface area contributed by atoms with Gasteiger partial charge in [0.1, 0.15) is 6.04 Å². The average Bonchev–Trinajstić information content (AvgIpc) is 2.85. The number of aliphatic carboxylic acids is 1. The van der Waals surface area contributed by atoms with E-state index < -0.39 is 12.0 Å². The van der Waals surface area contributed by atoms with Gasteiger partial charge in [-0.05, 0) is 6.42 Å². The topological polar surface area (TPSA) is 62.2 Å². The van der Waals surface area contributed by atoms with Crippen LogP contribution in [0.4, 0.5) is 5.13 Å². The fourth-order valence-corrected chi connectivity index (χ4v) is 2.34. The van der Waals surface area contributed by atoms with E-state index in [-0.39, 0.29) is 0 Å². The number of nitrogens with one attached hydrogen (secondary N) is 1. The van der Waals surface area contributed by atoms with E-state index in [4.69, 9.17) is 5.11 Å². The Morgan fingerprint density at radius 2 is 2.17 bits per heavy atom. The second kappa shape index (κ2) is 5.64. The van der Waals surface area contributed by atoms with Crippen LogP contribution in [0, 0.1) is 0 Å². The Balaban J connectivity index is 2.14. The molecule has 1 heterocycles. The molecule has 0 spiro atoms. The van der Waals surface area contributed by atoms with Gasteiger partial charge in [0.2, 0.25) is 0 Å². The minimum Gasteiger partial charge on any atom is -0.480 e. The van der Waals surface area contributed by atoms with Crippen molar-refractivity contribution in [2.75, 3.05) is 5.32 Å². The molecule has 0 radical (unpaired) electrons. The second-order valence-corrected chi connectivity index (χ2v) is 4.71. The van der Waals surface area contributed by atoms with Crippen LogP contribution in [0.25, 0.3) is 11.3 Å². The number of rotatable bonds is 5. The van der Waals surface area contributed by atoms with Gasteiger partial charge in [0.15, 0.2) is 5.13 Å². The van der Waals surface area contributed by atoms with E-state index in [1.54, 1.807) is 0 Å². The maximum atomic E-state index is 10.9. The molecule has 18 heavy (non-hydrogen) atoms. The quantitative estimate of drug-likeness (QED) is 0.869. The van der Waals surface area contributed by atoms with Crippen LogP contribution >= 0.6 is 11.3 Å². The zero-order valence-corrected chi connectivity index (χ0v) is 10.8. The maximum absolute atomic E-state index is 10.9. The number of thiazole rings is 1. The molecule has 2 N–H and O–H groups in total. The fraction of sp³-hybridized carbons (Fsp3) is 0.231. The number of hydrogen-bond donors (Lipinski definition) is 2. The van der Waals surface area contributed by atoms with Crippen molar-refractivity contribution in [3.63, 3.8) is 0 Å². The summed E-state index contributed by atoms with van der Waals surface area (Å²) in [6, 6.07) is 9.23. The molecule has 5 heteroatoms. The van der Waals surface area contributed by atoms with Gasteiger partial charge in [-0.1, -0.05) is 37.3 Å². The predicted octanol–water partition coefficient (Wildman–Crippen LogP) is 3.09. The van der Waals surface area contributed by atoms with Gasteiger partial charge in [-0.25, -0.2) is 9.78 Å². The lowest BCUT2D eigenvalue weighted by Gasteiger charge is -2.10. The Morgan fingerprint density at radius 1 is 1.44 bits per heavy atom.